The summed E-state index contributed by atoms with van der Waals surface area (Å²) in [4.78, 5) is 50.2. The summed E-state index contributed by atoms with van der Waals surface area (Å²) in [5, 5.41) is 5.02. The number of amides is 4. The maximum atomic E-state index is 12.9. The standard InChI is InChI=1S/C26H29N3O5/c1-26(2,3)19-6-4-5-17(11-19)15-34-25(33)27-13-16-7-8-18-14-29(24(32)20(18)12-16)21-9-10-22(30)28-23(21)31/h4-8,11-12,21H,9-10,13-15H2,1-3H3,(H,27,33)(H,28,30,31). The minimum absolute atomic E-state index is 0.0110. The Labute approximate surface area is 198 Å². The molecule has 8 nitrogen and oxygen atoms in total. The van der Waals surface area contributed by atoms with Gasteiger partial charge in [0.15, 0.2) is 0 Å². The Bertz CT molecular complexity index is 1150. The zero-order valence-corrected chi connectivity index (χ0v) is 19.6. The number of carbonyl (C=O) groups excluding carboxylic acids is 4. The highest BCUT2D eigenvalue weighted by Crippen LogP contribution is 2.28. The molecule has 2 heterocycles. The number of alkyl carbamates (subject to hydrolysis) is 1. The first-order valence-corrected chi connectivity index (χ1v) is 11.4. The van der Waals surface area contributed by atoms with Crippen LogP contribution in [0.1, 0.15) is 66.2 Å². The Morgan fingerprint density at radius 1 is 1.12 bits per heavy atom. The van der Waals surface area contributed by atoms with Crippen molar-refractivity contribution in [2.45, 2.75) is 64.8 Å². The van der Waals surface area contributed by atoms with Gasteiger partial charge in [0, 0.05) is 25.1 Å². The number of imide groups is 1. The van der Waals surface area contributed by atoms with Crippen molar-refractivity contribution in [2.24, 2.45) is 0 Å². The molecule has 4 amide bonds. The fourth-order valence-electron chi connectivity index (χ4n) is 4.21. The summed E-state index contributed by atoms with van der Waals surface area (Å²) < 4.78 is 5.35. The molecule has 0 radical (unpaired) electrons. The SMILES string of the molecule is CC(C)(C)c1cccc(COC(=O)NCc2ccc3c(c2)C(=O)N(C2CCC(=O)NC2=O)C3)c1. The van der Waals surface area contributed by atoms with Gasteiger partial charge in [-0.2, -0.15) is 0 Å². The van der Waals surface area contributed by atoms with Crippen LogP contribution in [0.5, 0.6) is 0 Å². The topological polar surface area (TPSA) is 105 Å². The van der Waals surface area contributed by atoms with Crippen LogP contribution in [-0.2, 0) is 39.4 Å². The molecule has 1 atom stereocenters. The van der Waals surface area contributed by atoms with Crippen molar-refractivity contribution in [1.29, 1.82) is 0 Å². The lowest BCUT2D eigenvalue weighted by Gasteiger charge is -2.29. The van der Waals surface area contributed by atoms with Gasteiger partial charge in [0.1, 0.15) is 12.6 Å². The molecule has 2 N–H and O–H groups in total. The molecular formula is C26H29N3O5. The number of ether oxygens (including phenoxy) is 1. The predicted molar refractivity (Wildman–Crippen MR) is 125 cm³/mol. The third kappa shape index (κ3) is 5.11. The zero-order chi connectivity index (χ0) is 24.5. The zero-order valence-electron chi connectivity index (χ0n) is 19.6. The molecule has 1 unspecified atom stereocenters. The van der Waals surface area contributed by atoms with Gasteiger partial charge in [-0.1, -0.05) is 57.2 Å². The van der Waals surface area contributed by atoms with E-state index in [9.17, 15) is 19.2 Å². The highest BCUT2D eigenvalue weighted by molar-refractivity contribution is 6.05. The molecule has 178 valence electrons. The van der Waals surface area contributed by atoms with Gasteiger partial charge in [0.25, 0.3) is 5.91 Å². The van der Waals surface area contributed by atoms with Crippen molar-refractivity contribution in [2.75, 3.05) is 0 Å². The molecule has 0 aliphatic carbocycles. The van der Waals surface area contributed by atoms with Gasteiger partial charge < -0.3 is 15.0 Å². The molecule has 4 rings (SSSR count). The van der Waals surface area contributed by atoms with Crippen molar-refractivity contribution in [3.63, 3.8) is 0 Å². The Morgan fingerprint density at radius 2 is 1.91 bits per heavy atom. The van der Waals surface area contributed by atoms with Crippen molar-refractivity contribution in [3.8, 4) is 0 Å². The second-order valence-electron chi connectivity index (χ2n) is 9.77. The Hall–Kier alpha value is -3.68. The highest BCUT2D eigenvalue weighted by Gasteiger charge is 2.39. The molecule has 2 aliphatic rings. The Balaban J connectivity index is 1.32. The minimum Gasteiger partial charge on any atom is -0.445 e. The van der Waals surface area contributed by atoms with E-state index in [4.69, 9.17) is 4.74 Å². The van der Waals surface area contributed by atoms with E-state index in [0.29, 0.717) is 18.5 Å². The summed E-state index contributed by atoms with van der Waals surface area (Å²) in [6.45, 7) is 7.09. The molecule has 1 fully saturated rings. The lowest BCUT2D eigenvalue weighted by Crippen LogP contribution is -2.52. The fraction of sp³-hybridized carbons (Fsp3) is 0.385. The molecule has 1 saturated heterocycles. The van der Waals surface area contributed by atoms with E-state index in [2.05, 4.69) is 37.5 Å². The number of rotatable bonds is 5. The van der Waals surface area contributed by atoms with Gasteiger partial charge in [-0.05, 0) is 40.2 Å². The molecular weight excluding hydrogens is 434 g/mol. The number of nitrogens with zero attached hydrogens (tertiary/aromatic N) is 1. The van der Waals surface area contributed by atoms with Crippen LogP contribution in [0.4, 0.5) is 4.79 Å². The van der Waals surface area contributed by atoms with E-state index < -0.39 is 18.0 Å². The van der Waals surface area contributed by atoms with Gasteiger partial charge in [-0.15, -0.1) is 0 Å². The van der Waals surface area contributed by atoms with Crippen LogP contribution < -0.4 is 10.6 Å². The van der Waals surface area contributed by atoms with Gasteiger partial charge >= 0.3 is 6.09 Å². The summed E-state index contributed by atoms with van der Waals surface area (Å²) in [7, 11) is 0. The van der Waals surface area contributed by atoms with E-state index in [1.165, 1.54) is 10.5 Å². The van der Waals surface area contributed by atoms with Gasteiger partial charge in [0.05, 0.1) is 0 Å². The minimum atomic E-state index is -0.647. The normalized spacial score (nSPS) is 17.9. The number of carbonyl (C=O) groups is 4. The molecule has 0 bridgehead atoms. The number of fused-ring (bicyclic) bond motifs is 1. The Kier molecular flexibility index (Phi) is 6.41. The lowest BCUT2D eigenvalue weighted by molar-refractivity contribution is -0.136. The third-order valence-corrected chi connectivity index (χ3v) is 6.19. The van der Waals surface area contributed by atoms with Gasteiger partial charge in [-0.25, -0.2) is 4.79 Å². The van der Waals surface area contributed by atoms with E-state index in [0.717, 1.165) is 16.7 Å². The molecule has 2 aromatic rings. The number of hydrogen-bond acceptors (Lipinski definition) is 5. The summed E-state index contributed by atoms with van der Waals surface area (Å²) in [6, 6.07) is 12.7. The summed E-state index contributed by atoms with van der Waals surface area (Å²) >= 11 is 0. The summed E-state index contributed by atoms with van der Waals surface area (Å²) in [5.41, 5.74) is 4.18. The smallest absolute Gasteiger partial charge is 0.407 e. The highest BCUT2D eigenvalue weighted by atomic mass is 16.5. The number of hydrogen-bond donors (Lipinski definition) is 2. The molecule has 0 aromatic heterocycles. The van der Waals surface area contributed by atoms with E-state index in [-0.39, 0.29) is 36.8 Å². The first kappa shape index (κ1) is 23.5. The van der Waals surface area contributed by atoms with Gasteiger partial charge in [0.2, 0.25) is 11.8 Å². The van der Waals surface area contributed by atoms with Crippen LogP contribution in [0.15, 0.2) is 42.5 Å². The Morgan fingerprint density at radius 3 is 2.65 bits per heavy atom. The number of piperidine rings is 1. The molecule has 0 spiro atoms. The van der Waals surface area contributed by atoms with Crippen LogP contribution in [0.2, 0.25) is 0 Å². The van der Waals surface area contributed by atoms with E-state index in [1.807, 2.05) is 30.3 Å². The first-order chi connectivity index (χ1) is 16.1. The van der Waals surface area contributed by atoms with Crippen molar-refractivity contribution < 1.29 is 23.9 Å². The van der Waals surface area contributed by atoms with Crippen LogP contribution in [0.3, 0.4) is 0 Å². The van der Waals surface area contributed by atoms with Crippen molar-refractivity contribution >= 4 is 23.8 Å². The molecule has 2 aromatic carbocycles. The first-order valence-electron chi connectivity index (χ1n) is 11.4. The van der Waals surface area contributed by atoms with Crippen LogP contribution in [-0.4, -0.2) is 34.8 Å². The summed E-state index contributed by atoms with van der Waals surface area (Å²) in [6.07, 6.45) is -0.00407. The monoisotopic (exact) mass is 463 g/mol. The maximum Gasteiger partial charge on any atom is 0.407 e. The molecule has 34 heavy (non-hydrogen) atoms. The second kappa shape index (κ2) is 9.29. The molecule has 2 aliphatic heterocycles. The van der Waals surface area contributed by atoms with Crippen molar-refractivity contribution in [1.82, 2.24) is 15.5 Å². The fourth-order valence-corrected chi connectivity index (χ4v) is 4.21. The van der Waals surface area contributed by atoms with Crippen LogP contribution >= 0.6 is 0 Å². The predicted octanol–water partition coefficient (Wildman–Crippen LogP) is 3.17. The number of nitrogens with one attached hydrogen (secondary N) is 2. The molecule has 8 heteroatoms. The largest absolute Gasteiger partial charge is 0.445 e. The average molecular weight is 464 g/mol. The number of benzene rings is 2. The van der Waals surface area contributed by atoms with E-state index in [1.54, 1.807) is 6.07 Å². The third-order valence-electron chi connectivity index (χ3n) is 6.19. The van der Waals surface area contributed by atoms with Gasteiger partial charge in [-0.3, -0.25) is 19.7 Å². The maximum absolute atomic E-state index is 12.9. The van der Waals surface area contributed by atoms with E-state index >= 15 is 0 Å². The lowest BCUT2D eigenvalue weighted by atomic mass is 9.86. The second-order valence-corrected chi connectivity index (χ2v) is 9.77. The van der Waals surface area contributed by atoms with Crippen LogP contribution in [0.25, 0.3) is 0 Å². The average Bonchev–Trinajstić information content (AvgIpc) is 3.11. The molecule has 0 saturated carbocycles. The quantitative estimate of drug-likeness (QED) is 0.663. The van der Waals surface area contributed by atoms with Crippen LogP contribution in [0, 0.1) is 0 Å². The summed E-state index contributed by atoms with van der Waals surface area (Å²) in [5.74, 6) is -0.990. The van der Waals surface area contributed by atoms with Crippen molar-refractivity contribution in [3.05, 3.63) is 70.3 Å².